The Hall–Kier alpha value is -1.49. The van der Waals surface area contributed by atoms with Gasteiger partial charge in [0.25, 0.3) is 0 Å². The first-order chi connectivity index (χ1) is 11.4. The SMILES string of the molecule is COCCCNC(=O)CN(C)C(=O)CCNS(=O)(=O)c1cccs1. The van der Waals surface area contributed by atoms with Crippen LogP contribution in [0.4, 0.5) is 0 Å². The molecule has 0 bridgehead atoms. The summed E-state index contributed by atoms with van der Waals surface area (Å²) in [6.45, 7) is 0.955. The van der Waals surface area contributed by atoms with Crippen molar-refractivity contribution < 1.29 is 22.7 Å². The maximum absolute atomic E-state index is 11.9. The third kappa shape index (κ3) is 7.39. The van der Waals surface area contributed by atoms with Crippen molar-refractivity contribution in [2.45, 2.75) is 17.1 Å². The number of likely N-dealkylation sites (N-methyl/N-ethyl adjacent to an activating group) is 1. The number of hydrogen-bond donors (Lipinski definition) is 2. The summed E-state index contributed by atoms with van der Waals surface area (Å²) < 4.78 is 31.2. The Labute approximate surface area is 146 Å². The Morgan fingerprint density at radius 2 is 2.08 bits per heavy atom. The zero-order valence-corrected chi connectivity index (χ0v) is 15.4. The van der Waals surface area contributed by atoms with Crippen molar-refractivity contribution in [3.8, 4) is 0 Å². The summed E-state index contributed by atoms with van der Waals surface area (Å²) in [5.41, 5.74) is 0. The third-order valence-corrected chi connectivity index (χ3v) is 5.90. The molecular weight excluding hydrogens is 354 g/mol. The molecule has 0 aliphatic carbocycles. The van der Waals surface area contributed by atoms with Gasteiger partial charge in [-0.2, -0.15) is 0 Å². The molecule has 0 spiro atoms. The van der Waals surface area contributed by atoms with Gasteiger partial charge >= 0.3 is 0 Å². The summed E-state index contributed by atoms with van der Waals surface area (Å²) in [6, 6.07) is 3.14. The number of thiophene rings is 1. The number of nitrogens with one attached hydrogen (secondary N) is 2. The van der Waals surface area contributed by atoms with Gasteiger partial charge in [-0.3, -0.25) is 9.59 Å². The smallest absolute Gasteiger partial charge is 0.250 e. The Morgan fingerprint density at radius 3 is 2.71 bits per heavy atom. The van der Waals surface area contributed by atoms with E-state index < -0.39 is 10.0 Å². The Morgan fingerprint density at radius 1 is 1.33 bits per heavy atom. The normalized spacial score (nSPS) is 11.2. The second kappa shape index (κ2) is 10.4. The Balaban J connectivity index is 2.28. The predicted octanol–water partition coefficient (Wildman–Crippen LogP) is 0.0276. The van der Waals surface area contributed by atoms with Crippen LogP contribution in [0.2, 0.25) is 0 Å². The van der Waals surface area contributed by atoms with Gasteiger partial charge in [-0.25, -0.2) is 13.1 Å². The van der Waals surface area contributed by atoms with Crippen LogP contribution in [-0.4, -0.2) is 65.5 Å². The van der Waals surface area contributed by atoms with Gasteiger partial charge in [0.1, 0.15) is 4.21 Å². The summed E-state index contributed by atoms with van der Waals surface area (Å²) in [5.74, 6) is -0.572. The fourth-order valence-electron chi connectivity index (χ4n) is 1.77. The average molecular weight is 377 g/mol. The van der Waals surface area contributed by atoms with Gasteiger partial charge in [-0.05, 0) is 17.9 Å². The van der Waals surface area contributed by atoms with Gasteiger partial charge in [0.2, 0.25) is 21.8 Å². The van der Waals surface area contributed by atoms with E-state index in [0.717, 1.165) is 11.3 Å². The van der Waals surface area contributed by atoms with Crippen LogP contribution in [0.5, 0.6) is 0 Å². The summed E-state index contributed by atoms with van der Waals surface area (Å²) in [4.78, 5) is 24.8. The van der Waals surface area contributed by atoms with Gasteiger partial charge in [0.15, 0.2) is 0 Å². The molecule has 0 saturated heterocycles. The van der Waals surface area contributed by atoms with Crippen LogP contribution >= 0.6 is 11.3 Å². The van der Waals surface area contributed by atoms with Crippen molar-refractivity contribution in [2.24, 2.45) is 0 Å². The molecule has 0 radical (unpaired) electrons. The minimum absolute atomic E-state index is 0.0150. The highest BCUT2D eigenvalue weighted by Crippen LogP contribution is 2.14. The predicted molar refractivity (Wildman–Crippen MR) is 91.3 cm³/mol. The lowest BCUT2D eigenvalue weighted by atomic mass is 10.3. The number of sulfonamides is 1. The summed E-state index contributed by atoms with van der Waals surface area (Å²) >= 11 is 1.11. The molecule has 2 N–H and O–H groups in total. The molecule has 136 valence electrons. The van der Waals surface area contributed by atoms with Crippen LogP contribution in [0, 0.1) is 0 Å². The molecule has 2 amide bonds. The van der Waals surface area contributed by atoms with Gasteiger partial charge in [0.05, 0.1) is 6.54 Å². The van der Waals surface area contributed by atoms with Gasteiger partial charge in [0, 0.05) is 40.3 Å². The molecule has 1 rings (SSSR count). The molecule has 1 heterocycles. The highest BCUT2D eigenvalue weighted by Gasteiger charge is 2.17. The van der Waals surface area contributed by atoms with Crippen molar-refractivity contribution >= 4 is 33.2 Å². The van der Waals surface area contributed by atoms with E-state index in [1.165, 1.54) is 18.0 Å². The number of carbonyl (C=O) groups excluding carboxylic acids is 2. The fourth-order valence-corrected chi connectivity index (χ4v) is 3.84. The summed E-state index contributed by atoms with van der Waals surface area (Å²) in [5, 5.41) is 4.34. The molecule has 0 aliphatic heterocycles. The van der Waals surface area contributed by atoms with E-state index in [2.05, 4.69) is 10.0 Å². The van der Waals surface area contributed by atoms with E-state index in [1.807, 2.05) is 0 Å². The first-order valence-electron chi connectivity index (χ1n) is 7.39. The highest BCUT2D eigenvalue weighted by atomic mass is 32.2. The lowest BCUT2D eigenvalue weighted by molar-refractivity contribution is -0.134. The number of methoxy groups -OCH3 is 1. The van der Waals surface area contributed by atoms with Gasteiger partial charge in [-0.15, -0.1) is 11.3 Å². The van der Waals surface area contributed by atoms with E-state index in [9.17, 15) is 18.0 Å². The van der Waals surface area contributed by atoms with Gasteiger partial charge in [-0.1, -0.05) is 6.07 Å². The van der Waals surface area contributed by atoms with Crippen LogP contribution < -0.4 is 10.0 Å². The number of nitrogens with zero attached hydrogens (tertiary/aromatic N) is 1. The number of rotatable bonds is 11. The molecule has 10 heteroatoms. The first kappa shape index (κ1) is 20.6. The van der Waals surface area contributed by atoms with Gasteiger partial charge < -0.3 is 15.0 Å². The molecule has 0 aromatic carbocycles. The molecule has 1 aromatic rings. The van der Waals surface area contributed by atoms with Crippen LogP contribution in [0.3, 0.4) is 0 Å². The van der Waals surface area contributed by atoms with E-state index in [-0.39, 0.29) is 35.5 Å². The molecule has 24 heavy (non-hydrogen) atoms. The number of ether oxygens (including phenoxy) is 1. The number of amides is 2. The van der Waals surface area contributed by atoms with Crippen molar-refractivity contribution in [2.75, 3.05) is 40.4 Å². The van der Waals surface area contributed by atoms with E-state index >= 15 is 0 Å². The second-order valence-corrected chi connectivity index (χ2v) is 7.97. The van der Waals surface area contributed by atoms with Crippen molar-refractivity contribution in [1.82, 2.24) is 14.9 Å². The molecule has 8 nitrogen and oxygen atoms in total. The third-order valence-electron chi connectivity index (χ3n) is 3.04. The minimum atomic E-state index is -3.57. The Bertz CT molecular complexity index is 616. The molecule has 0 atom stereocenters. The quantitative estimate of drug-likeness (QED) is 0.529. The summed E-state index contributed by atoms with van der Waals surface area (Å²) in [6.07, 6.45) is 0.683. The maximum Gasteiger partial charge on any atom is 0.250 e. The molecular formula is C14H23N3O5S2. The van der Waals surface area contributed by atoms with E-state index in [0.29, 0.717) is 19.6 Å². The van der Waals surface area contributed by atoms with Crippen LogP contribution in [0.1, 0.15) is 12.8 Å². The van der Waals surface area contributed by atoms with Crippen LogP contribution in [-0.2, 0) is 24.3 Å². The molecule has 1 aromatic heterocycles. The lowest BCUT2D eigenvalue weighted by Crippen LogP contribution is -2.40. The lowest BCUT2D eigenvalue weighted by Gasteiger charge is -2.17. The topological polar surface area (TPSA) is 105 Å². The Kier molecular flexibility index (Phi) is 8.90. The second-order valence-electron chi connectivity index (χ2n) is 5.03. The molecule has 0 fully saturated rings. The molecule has 0 unspecified atom stereocenters. The van der Waals surface area contributed by atoms with Crippen molar-refractivity contribution in [3.63, 3.8) is 0 Å². The average Bonchev–Trinajstić information content (AvgIpc) is 3.06. The maximum atomic E-state index is 11.9. The largest absolute Gasteiger partial charge is 0.385 e. The first-order valence-corrected chi connectivity index (χ1v) is 9.76. The van der Waals surface area contributed by atoms with E-state index in [4.69, 9.17) is 4.74 Å². The minimum Gasteiger partial charge on any atom is -0.385 e. The molecule has 0 aliphatic rings. The van der Waals surface area contributed by atoms with Crippen LogP contribution in [0.15, 0.2) is 21.7 Å². The summed E-state index contributed by atoms with van der Waals surface area (Å²) in [7, 11) is -0.483. The standard InChI is InChI=1S/C14H23N3O5S2/c1-17(11-12(18)15-7-4-9-22-2)13(19)6-8-16-24(20,21)14-5-3-10-23-14/h3,5,10,16H,4,6-9,11H2,1-2H3,(H,15,18). The fraction of sp³-hybridized carbons (Fsp3) is 0.571. The van der Waals surface area contributed by atoms with Crippen molar-refractivity contribution in [1.29, 1.82) is 0 Å². The van der Waals surface area contributed by atoms with E-state index in [1.54, 1.807) is 18.6 Å². The van der Waals surface area contributed by atoms with Crippen LogP contribution in [0.25, 0.3) is 0 Å². The van der Waals surface area contributed by atoms with Crippen molar-refractivity contribution in [3.05, 3.63) is 17.5 Å². The monoisotopic (exact) mass is 377 g/mol. The number of carbonyl (C=O) groups is 2. The number of hydrogen-bond acceptors (Lipinski definition) is 6. The molecule has 0 saturated carbocycles. The zero-order valence-electron chi connectivity index (χ0n) is 13.8. The highest BCUT2D eigenvalue weighted by molar-refractivity contribution is 7.91. The zero-order chi connectivity index (χ0) is 18.0.